The second-order valence-corrected chi connectivity index (χ2v) is 6.67. The Bertz CT molecular complexity index is 463. The molecule has 1 atom stereocenters. The van der Waals surface area contributed by atoms with Gasteiger partial charge in [-0.05, 0) is 62.0 Å². The van der Waals surface area contributed by atoms with Gasteiger partial charge in [0, 0.05) is 19.1 Å². The fourth-order valence-corrected chi connectivity index (χ4v) is 4.15. The molecule has 1 unspecified atom stereocenters. The Morgan fingerprint density at radius 1 is 1.05 bits per heavy atom. The van der Waals surface area contributed by atoms with E-state index in [1.807, 2.05) is 0 Å². The van der Waals surface area contributed by atoms with Crippen molar-refractivity contribution in [1.29, 1.82) is 0 Å². The van der Waals surface area contributed by atoms with Gasteiger partial charge in [-0.2, -0.15) is 0 Å². The molecule has 0 amide bonds. The van der Waals surface area contributed by atoms with E-state index in [0.29, 0.717) is 6.04 Å². The summed E-state index contributed by atoms with van der Waals surface area (Å²) in [5.74, 6) is 0. The van der Waals surface area contributed by atoms with Gasteiger partial charge < -0.3 is 0 Å². The van der Waals surface area contributed by atoms with E-state index in [4.69, 9.17) is 0 Å². The normalized spacial score (nSPS) is 24.0. The summed E-state index contributed by atoms with van der Waals surface area (Å²) in [6, 6.07) is 7.95. The number of piperidine rings is 1. The van der Waals surface area contributed by atoms with E-state index in [-0.39, 0.29) is 0 Å². The van der Waals surface area contributed by atoms with Crippen LogP contribution >= 0.6 is 0 Å². The molecule has 2 aliphatic rings. The summed E-state index contributed by atoms with van der Waals surface area (Å²) in [5.41, 5.74) is 4.73. The quantitative estimate of drug-likeness (QED) is 0.825. The number of fused-ring (bicyclic) bond motifs is 1. The van der Waals surface area contributed by atoms with E-state index in [9.17, 15) is 0 Å². The Morgan fingerprint density at radius 3 is 2.57 bits per heavy atom. The van der Waals surface area contributed by atoms with E-state index in [1.54, 1.807) is 11.1 Å². The van der Waals surface area contributed by atoms with Crippen molar-refractivity contribution in [3.63, 3.8) is 0 Å². The lowest BCUT2D eigenvalue weighted by Crippen LogP contribution is -2.35. The summed E-state index contributed by atoms with van der Waals surface area (Å²) in [7, 11) is 0. The molecule has 0 bridgehead atoms. The Labute approximate surface area is 130 Å². The number of rotatable bonds is 4. The fourth-order valence-electron chi connectivity index (χ4n) is 4.15. The molecule has 2 aliphatic heterocycles. The van der Waals surface area contributed by atoms with Gasteiger partial charge in [-0.1, -0.05) is 38.5 Å². The summed E-state index contributed by atoms with van der Waals surface area (Å²) < 4.78 is 0. The van der Waals surface area contributed by atoms with Crippen LogP contribution in [-0.2, 0) is 13.0 Å². The molecule has 116 valence electrons. The summed E-state index contributed by atoms with van der Waals surface area (Å²) >= 11 is 0. The molecule has 2 nitrogen and oxygen atoms in total. The van der Waals surface area contributed by atoms with Crippen LogP contribution in [0.15, 0.2) is 18.2 Å². The minimum absolute atomic E-state index is 0.641. The lowest BCUT2D eigenvalue weighted by molar-refractivity contribution is 0.189. The third-order valence-corrected chi connectivity index (χ3v) is 5.32. The van der Waals surface area contributed by atoms with Crippen LogP contribution in [0.1, 0.15) is 62.3 Å². The molecule has 0 N–H and O–H groups in total. The van der Waals surface area contributed by atoms with Gasteiger partial charge >= 0.3 is 0 Å². The van der Waals surface area contributed by atoms with Crippen molar-refractivity contribution in [1.82, 2.24) is 9.80 Å². The average molecular weight is 286 g/mol. The molecule has 0 saturated carbocycles. The number of nitrogens with zero attached hydrogens (tertiary/aromatic N) is 2. The van der Waals surface area contributed by atoms with Crippen molar-refractivity contribution in [3.05, 3.63) is 34.9 Å². The van der Waals surface area contributed by atoms with Crippen molar-refractivity contribution in [3.8, 4) is 0 Å². The SMILES string of the molecule is CCC1c2ccc(CN3CCCCC3)cc2CCN1CC. The highest BCUT2D eigenvalue weighted by Gasteiger charge is 2.25. The zero-order chi connectivity index (χ0) is 14.7. The van der Waals surface area contributed by atoms with Crippen molar-refractivity contribution < 1.29 is 0 Å². The molecule has 1 fully saturated rings. The fraction of sp³-hybridized carbons (Fsp3) is 0.684. The monoisotopic (exact) mass is 286 g/mol. The number of likely N-dealkylation sites (tertiary alicyclic amines) is 1. The van der Waals surface area contributed by atoms with Crippen LogP contribution in [-0.4, -0.2) is 36.0 Å². The summed E-state index contributed by atoms with van der Waals surface area (Å²) in [4.78, 5) is 5.26. The lowest BCUT2D eigenvalue weighted by Gasteiger charge is -2.36. The molecule has 0 radical (unpaired) electrons. The highest BCUT2D eigenvalue weighted by molar-refractivity contribution is 5.36. The standard InChI is InChI=1S/C19H30N2/c1-3-19-18-9-8-16(15-20-11-6-5-7-12-20)14-17(18)10-13-21(19)4-2/h8-9,14,19H,3-7,10-13,15H2,1-2H3. The maximum absolute atomic E-state index is 2.63. The van der Waals surface area contributed by atoms with E-state index >= 15 is 0 Å². The average Bonchev–Trinajstić information content (AvgIpc) is 2.54. The van der Waals surface area contributed by atoms with Gasteiger partial charge in [-0.25, -0.2) is 0 Å². The van der Waals surface area contributed by atoms with Crippen molar-refractivity contribution in [2.75, 3.05) is 26.2 Å². The van der Waals surface area contributed by atoms with Crippen LogP contribution in [0.4, 0.5) is 0 Å². The van der Waals surface area contributed by atoms with Gasteiger partial charge in [0.2, 0.25) is 0 Å². The van der Waals surface area contributed by atoms with E-state index in [1.165, 1.54) is 63.8 Å². The molecule has 1 aromatic rings. The molecule has 1 saturated heterocycles. The number of hydrogen-bond donors (Lipinski definition) is 0. The molecule has 0 aliphatic carbocycles. The van der Waals surface area contributed by atoms with Gasteiger partial charge in [0.05, 0.1) is 0 Å². The number of benzene rings is 1. The molecule has 3 rings (SSSR count). The second-order valence-electron chi connectivity index (χ2n) is 6.67. The molecule has 0 aromatic heterocycles. The summed E-state index contributed by atoms with van der Waals surface area (Å²) in [6.07, 6.45) is 6.65. The van der Waals surface area contributed by atoms with Crippen molar-refractivity contribution in [2.24, 2.45) is 0 Å². The third-order valence-electron chi connectivity index (χ3n) is 5.32. The first-order chi connectivity index (χ1) is 10.3. The smallest absolute Gasteiger partial charge is 0.0348 e. The molecule has 2 heteroatoms. The van der Waals surface area contributed by atoms with Crippen LogP contribution < -0.4 is 0 Å². The molecular weight excluding hydrogens is 256 g/mol. The predicted octanol–water partition coefficient (Wildman–Crippen LogP) is 4.00. The zero-order valence-corrected chi connectivity index (χ0v) is 13.8. The van der Waals surface area contributed by atoms with E-state index < -0.39 is 0 Å². The molecule has 2 heterocycles. The minimum Gasteiger partial charge on any atom is -0.299 e. The summed E-state index contributed by atoms with van der Waals surface area (Å²) in [5, 5.41) is 0. The minimum atomic E-state index is 0.641. The lowest BCUT2D eigenvalue weighted by atomic mass is 9.89. The van der Waals surface area contributed by atoms with Crippen LogP contribution in [0.3, 0.4) is 0 Å². The second kappa shape index (κ2) is 6.93. The van der Waals surface area contributed by atoms with Gasteiger partial charge in [-0.15, -0.1) is 0 Å². The molecule has 1 aromatic carbocycles. The maximum Gasteiger partial charge on any atom is 0.0348 e. The Balaban J connectivity index is 1.75. The first-order valence-corrected chi connectivity index (χ1v) is 8.90. The van der Waals surface area contributed by atoms with Crippen molar-refractivity contribution >= 4 is 0 Å². The summed E-state index contributed by atoms with van der Waals surface area (Å²) in [6.45, 7) is 10.8. The third kappa shape index (κ3) is 3.32. The Morgan fingerprint density at radius 2 is 1.86 bits per heavy atom. The van der Waals surface area contributed by atoms with Gasteiger partial charge in [0.25, 0.3) is 0 Å². The molecule has 21 heavy (non-hydrogen) atoms. The highest BCUT2D eigenvalue weighted by Crippen LogP contribution is 2.32. The topological polar surface area (TPSA) is 6.48 Å². The zero-order valence-electron chi connectivity index (χ0n) is 13.8. The Hall–Kier alpha value is -0.860. The van der Waals surface area contributed by atoms with Gasteiger partial charge in [-0.3, -0.25) is 9.80 Å². The molecule has 0 spiro atoms. The predicted molar refractivity (Wildman–Crippen MR) is 89.6 cm³/mol. The number of hydrogen-bond acceptors (Lipinski definition) is 2. The van der Waals surface area contributed by atoms with Crippen LogP contribution in [0.2, 0.25) is 0 Å². The van der Waals surface area contributed by atoms with Gasteiger partial charge in [0.15, 0.2) is 0 Å². The van der Waals surface area contributed by atoms with Crippen molar-refractivity contribution in [2.45, 2.75) is 58.5 Å². The van der Waals surface area contributed by atoms with Crippen LogP contribution in [0, 0.1) is 0 Å². The highest BCUT2D eigenvalue weighted by atomic mass is 15.2. The Kier molecular flexibility index (Phi) is 4.97. The van der Waals surface area contributed by atoms with Crippen LogP contribution in [0.5, 0.6) is 0 Å². The van der Waals surface area contributed by atoms with E-state index in [2.05, 4.69) is 41.8 Å². The first kappa shape index (κ1) is 15.1. The first-order valence-electron chi connectivity index (χ1n) is 8.90. The van der Waals surface area contributed by atoms with Gasteiger partial charge in [0.1, 0.15) is 0 Å². The molecular formula is C19H30N2. The largest absolute Gasteiger partial charge is 0.299 e. The van der Waals surface area contributed by atoms with E-state index in [0.717, 1.165) is 6.54 Å². The maximum atomic E-state index is 2.63. The van der Waals surface area contributed by atoms with Crippen LogP contribution in [0.25, 0.3) is 0 Å². The number of likely N-dealkylation sites (N-methyl/N-ethyl adjacent to an activating group) is 1.